The van der Waals surface area contributed by atoms with Crippen molar-refractivity contribution in [2.45, 2.75) is 19.3 Å². The Hall–Kier alpha value is -1.08. The van der Waals surface area contributed by atoms with Gasteiger partial charge in [-0.1, -0.05) is 0 Å². The van der Waals surface area contributed by atoms with Crippen LogP contribution in [0.3, 0.4) is 0 Å². The molecule has 1 saturated heterocycles. The van der Waals surface area contributed by atoms with E-state index in [2.05, 4.69) is 20.4 Å². The second-order valence-electron chi connectivity index (χ2n) is 5.06. The van der Waals surface area contributed by atoms with Crippen molar-refractivity contribution < 1.29 is 4.79 Å². The fourth-order valence-corrected chi connectivity index (χ4v) is 3.08. The molecule has 2 rings (SSSR count). The van der Waals surface area contributed by atoms with Crippen LogP contribution >= 0.6 is 11.8 Å². The van der Waals surface area contributed by atoms with Crippen molar-refractivity contribution in [2.75, 3.05) is 37.7 Å². The van der Waals surface area contributed by atoms with Crippen LogP contribution in [0.1, 0.15) is 18.7 Å². The van der Waals surface area contributed by atoms with Crippen LogP contribution in [0.5, 0.6) is 0 Å². The molecule has 1 aliphatic rings. The standard InChI is InChI=1S/C13H23N5OS/c1-17-11-15-16-12(17)4-5-14-13(19)10-20-9-8-18-6-2-3-7-18/h11H,2-10H2,1H3,(H,14,19). The maximum Gasteiger partial charge on any atom is 0.230 e. The number of thioether (sulfide) groups is 1. The van der Waals surface area contributed by atoms with Gasteiger partial charge in [-0.25, -0.2) is 0 Å². The Kier molecular flexibility index (Phi) is 6.32. The average Bonchev–Trinajstić information content (AvgIpc) is 3.07. The average molecular weight is 297 g/mol. The van der Waals surface area contributed by atoms with E-state index in [1.165, 1.54) is 25.9 Å². The highest BCUT2D eigenvalue weighted by Gasteiger charge is 2.11. The van der Waals surface area contributed by atoms with Gasteiger partial charge in [-0.2, -0.15) is 11.8 Å². The molecule has 0 aromatic carbocycles. The van der Waals surface area contributed by atoms with Gasteiger partial charge in [0.15, 0.2) is 0 Å². The number of likely N-dealkylation sites (tertiary alicyclic amines) is 1. The van der Waals surface area contributed by atoms with E-state index in [0.717, 1.165) is 24.5 Å². The van der Waals surface area contributed by atoms with Crippen LogP contribution < -0.4 is 5.32 Å². The molecular formula is C13H23N5OS. The summed E-state index contributed by atoms with van der Waals surface area (Å²) in [6, 6.07) is 0. The summed E-state index contributed by atoms with van der Waals surface area (Å²) < 4.78 is 1.87. The summed E-state index contributed by atoms with van der Waals surface area (Å²) in [6.45, 7) is 4.18. The van der Waals surface area contributed by atoms with Crippen molar-refractivity contribution in [3.05, 3.63) is 12.2 Å². The van der Waals surface area contributed by atoms with E-state index in [1.54, 1.807) is 18.1 Å². The Balaban J connectivity index is 1.49. The van der Waals surface area contributed by atoms with Crippen molar-refractivity contribution in [1.82, 2.24) is 25.0 Å². The Morgan fingerprint density at radius 2 is 2.25 bits per heavy atom. The number of rotatable bonds is 8. The van der Waals surface area contributed by atoms with Gasteiger partial charge in [-0.15, -0.1) is 10.2 Å². The lowest BCUT2D eigenvalue weighted by atomic mass is 10.4. The number of carbonyl (C=O) groups excluding carboxylic acids is 1. The molecule has 0 unspecified atom stereocenters. The lowest BCUT2D eigenvalue weighted by Crippen LogP contribution is -2.28. The zero-order chi connectivity index (χ0) is 14.2. The largest absolute Gasteiger partial charge is 0.355 e. The molecule has 6 nitrogen and oxygen atoms in total. The highest BCUT2D eigenvalue weighted by atomic mass is 32.2. The Bertz CT molecular complexity index is 417. The first-order valence-electron chi connectivity index (χ1n) is 7.15. The molecular weight excluding hydrogens is 274 g/mol. The molecule has 0 radical (unpaired) electrons. The normalized spacial score (nSPS) is 15.7. The lowest BCUT2D eigenvalue weighted by Gasteiger charge is -2.13. The van der Waals surface area contributed by atoms with Crippen molar-refractivity contribution in [3.63, 3.8) is 0 Å². The molecule has 1 fully saturated rings. The molecule has 1 amide bonds. The molecule has 20 heavy (non-hydrogen) atoms. The molecule has 112 valence electrons. The number of amides is 1. The minimum absolute atomic E-state index is 0.110. The number of aryl methyl sites for hydroxylation is 1. The molecule has 1 aliphatic heterocycles. The second-order valence-corrected chi connectivity index (χ2v) is 6.16. The van der Waals surface area contributed by atoms with Crippen LogP contribution in [0.15, 0.2) is 6.33 Å². The number of hydrogen-bond donors (Lipinski definition) is 1. The number of carbonyl (C=O) groups is 1. The molecule has 0 bridgehead atoms. The van der Waals surface area contributed by atoms with Crippen LogP contribution in [-0.4, -0.2) is 63.3 Å². The molecule has 1 aromatic rings. The molecule has 0 saturated carbocycles. The number of aromatic nitrogens is 3. The molecule has 0 spiro atoms. The summed E-state index contributed by atoms with van der Waals surface area (Å²) in [7, 11) is 1.91. The summed E-state index contributed by atoms with van der Waals surface area (Å²) in [5.74, 6) is 2.59. The van der Waals surface area contributed by atoms with Crippen LogP contribution in [0.2, 0.25) is 0 Å². The number of hydrogen-bond acceptors (Lipinski definition) is 5. The van der Waals surface area contributed by atoms with Crippen LogP contribution in [-0.2, 0) is 18.3 Å². The summed E-state index contributed by atoms with van der Waals surface area (Å²) in [5.41, 5.74) is 0. The van der Waals surface area contributed by atoms with Gasteiger partial charge in [0.1, 0.15) is 12.2 Å². The molecule has 7 heteroatoms. The van der Waals surface area contributed by atoms with E-state index in [4.69, 9.17) is 0 Å². The van der Waals surface area contributed by atoms with E-state index in [9.17, 15) is 4.79 Å². The van der Waals surface area contributed by atoms with Gasteiger partial charge in [0.25, 0.3) is 0 Å². The van der Waals surface area contributed by atoms with Crippen LogP contribution in [0.25, 0.3) is 0 Å². The fourth-order valence-electron chi connectivity index (χ4n) is 2.26. The van der Waals surface area contributed by atoms with Gasteiger partial charge < -0.3 is 14.8 Å². The number of nitrogens with one attached hydrogen (secondary N) is 1. The van der Waals surface area contributed by atoms with E-state index in [1.807, 2.05) is 11.6 Å². The third kappa shape index (κ3) is 5.13. The summed E-state index contributed by atoms with van der Waals surface area (Å²) in [4.78, 5) is 14.1. The quantitative estimate of drug-likeness (QED) is 0.699. The first-order chi connectivity index (χ1) is 9.75. The molecule has 1 N–H and O–H groups in total. The van der Waals surface area contributed by atoms with E-state index < -0.39 is 0 Å². The van der Waals surface area contributed by atoms with Crippen molar-refractivity contribution in [2.24, 2.45) is 7.05 Å². The topological polar surface area (TPSA) is 63.1 Å². The zero-order valence-electron chi connectivity index (χ0n) is 12.0. The monoisotopic (exact) mass is 297 g/mol. The molecule has 2 heterocycles. The maximum atomic E-state index is 11.7. The summed E-state index contributed by atoms with van der Waals surface area (Å²) in [5, 5.41) is 10.7. The first-order valence-corrected chi connectivity index (χ1v) is 8.31. The van der Waals surface area contributed by atoms with Crippen molar-refractivity contribution >= 4 is 17.7 Å². The minimum atomic E-state index is 0.110. The van der Waals surface area contributed by atoms with Gasteiger partial charge in [0.05, 0.1) is 5.75 Å². The summed E-state index contributed by atoms with van der Waals surface area (Å²) >= 11 is 1.71. The van der Waals surface area contributed by atoms with Gasteiger partial charge in [-0.3, -0.25) is 4.79 Å². The highest BCUT2D eigenvalue weighted by molar-refractivity contribution is 7.99. The maximum absolute atomic E-state index is 11.7. The molecule has 0 aliphatic carbocycles. The smallest absolute Gasteiger partial charge is 0.230 e. The third-order valence-electron chi connectivity index (χ3n) is 3.46. The Morgan fingerprint density at radius 1 is 1.45 bits per heavy atom. The second kappa shape index (κ2) is 8.26. The van der Waals surface area contributed by atoms with Gasteiger partial charge in [0, 0.05) is 32.3 Å². The fraction of sp³-hybridized carbons (Fsp3) is 0.769. The number of nitrogens with zero attached hydrogens (tertiary/aromatic N) is 4. The van der Waals surface area contributed by atoms with E-state index in [0.29, 0.717) is 12.3 Å². The predicted octanol–water partition coefficient (Wildman–Crippen LogP) is 0.303. The van der Waals surface area contributed by atoms with Gasteiger partial charge in [0.2, 0.25) is 5.91 Å². The predicted molar refractivity (Wildman–Crippen MR) is 80.7 cm³/mol. The van der Waals surface area contributed by atoms with Gasteiger partial charge in [-0.05, 0) is 25.9 Å². The van der Waals surface area contributed by atoms with E-state index >= 15 is 0 Å². The molecule has 0 atom stereocenters. The third-order valence-corrected chi connectivity index (χ3v) is 4.40. The van der Waals surface area contributed by atoms with Crippen LogP contribution in [0, 0.1) is 0 Å². The Labute approximate surface area is 124 Å². The van der Waals surface area contributed by atoms with Crippen molar-refractivity contribution in [3.8, 4) is 0 Å². The zero-order valence-corrected chi connectivity index (χ0v) is 12.9. The summed E-state index contributed by atoms with van der Waals surface area (Å²) in [6.07, 6.45) is 5.05. The highest BCUT2D eigenvalue weighted by Crippen LogP contribution is 2.08. The molecule has 1 aromatic heterocycles. The SMILES string of the molecule is Cn1cnnc1CCNC(=O)CSCCN1CCCC1. The Morgan fingerprint density at radius 3 is 2.95 bits per heavy atom. The first kappa shape index (κ1) is 15.3. The lowest BCUT2D eigenvalue weighted by molar-refractivity contribution is -0.118. The van der Waals surface area contributed by atoms with E-state index in [-0.39, 0.29) is 5.91 Å². The van der Waals surface area contributed by atoms with Gasteiger partial charge >= 0.3 is 0 Å². The minimum Gasteiger partial charge on any atom is -0.355 e. The van der Waals surface area contributed by atoms with Crippen LogP contribution in [0.4, 0.5) is 0 Å². The van der Waals surface area contributed by atoms with Crippen molar-refractivity contribution in [1.29, 1.82) is 0 Å².